The lowest BCUT2D eigenvalue weighted by Gasteiger charge is -2.12. The van der Waals surface area contributed by atoms with E-state index in [-0.39, 0.29) is 99.8 Å². The molecule has 2 atom stereocenters. The van der Waals surface area contributed by atoms with Crippen LogP contribution < -0.4 is 24.8 Å². The smallest absolute Gasteiger partial charge is 0.320 e. The molecule has 0 aliphatic carbocycles. The van der Waals surface area contributed by atoms with Gasteiger partial charge in [0.05, 0.1) is 45.7 Å². The first-order valence-corrected chi connectivity index (χ1v) is 16.0. The zero-order valence-corrected chi connectivity index (χ0v) is 28.4. The molecule has 0 aliphatic heterocycles. The van der Waals surface area contributed by atoms with E-state index in [1.807, 2.05) is 22.9 Å². The van der Waals surface area contributed by atoms with Crippen molar-refractivity contribution in [3.8, 4) is 0 Å². The Morgan fingerprint density at radius 2 is 1.21 bits per heavy atom. The molecule has 0 fully saturated rings. The zero-order chi connectivity index (χ0) is 31.4. The lowest BCUT2D eigenvalue weighted by molar-refractivity contribution is -0.139. The third-order valence-corrected chi connectivity index (χ3v) is 6.91. The van der Waals surface area contributed by atoms with Crippen LogP contribution in [0, 0.1) is 0 Å². The maximum atomic E-state index is 11.8. The summed E-state index contributed by atoms with van der Waals surface area (Å²) in [5.41, 5.74) is 0. The van der Waals surface area contributed by atoms with E-state index >= 15 is 0 Å². The summed E-state index contributed by atoms with van der Waals surface area (Å²) in [6, 6.07) is -0.912. The first kappa shape index (κ1) is 40.8. The van der Waals surface area contributed by atoms with Crippen molar-refractivity contribution in [1.82, 2.24) is 24.8 Å². The number of carbonyl (C=O) groups is 5. The van der Waals surface area contributed by atoms with Crippen molar-refractivity contribution >= 4 is 72.9 Å². The van der Waals surface area contributed by atoms with Gasteiger partial charge in [-0.15, -0.1) is 0 Å². The molecule has 0 aliphatic rings. The number of carbonyl (C=O) groups excluding carboxylic acids is 4. The van der Waals surface area contributed by atoms with Crippen LogP contribution in [0.5, 0.6) is 0 Å². The molecule has 3 amide bonds. The first-order valence-electron chi connectivity index (χ1n) is 13.8. The second kappa shape index (κ2) is 28.5. The number of ether oxygens (including phenoxy) is 4. The van der Waals surface area contributed by atoms with E-state index < -0.39 is 12.0 Å². The molecule has 0 spiro atoms. The summed E-state index contributed by atoms with van der Waals surface area (Å²) in [6.45, 7) is 4.79. The number of likely N-dealkylation sites (N-methyl/N-ethyl adjacent to an activating group) is 1. The Morgan fingerprint density at radius 1 is 0.690 bits per heavy atom. The van der Waals surface area contributed by atoms with E-state index in [1.165, 1.54) is 0 Å². The third-order valence-electron chi connectivity index (χ3n) is 5.40. The van der Waals surface area contributed by atoms with Crippen molar-refractivity contribution in [2.45, 2.75) is 51.1 Å². The molecule has 0 heterocycles. The van der Waals surface area contributed by atoms with Gasteiger partial charge < -0.3 is 45.3 Å². The fraction of sp³-hybridized carbons (Fsp3) is 0.800. The SMILES string of the molecule is CCN[C@@H](CCC(=O)NCCOCCOCC(=O)NCCOCCOCC(=O)NCCCC[C@H](NI)C(=O)I)C(=O)O. The predicted molar refractivity (Wildman–Crippen MR) is 170 cm³/mol. The fourth-order valence-corrected chi connectivity index (χ4v) is 4.89. The molecule has 0 aromatic heterocycles. The van der Waals surface area contributed by atoms with Crippen molar-refractivity contribution in [2.75, 3.05) is 79.0 Å². The maximum Gasteiger partial charge on any atom is 0.320 e. The van der Waals surface area contributed by atoms with Gasteiger partial charge in [-0.2, -0.15) is 0 Å². The average molecular weight is 829 g/mol. The number of halogens is 2. The standard InChI is InChI=1S/C25H45I2N5O10/c1-2-28-20(25(37)38)6-7-21(33)30-9-11-39-13-16-42-18-23(35)31-10-12-40-14-15-41-17-22(34)29-8-4-3-5-19(32-27)24(26)36/h19-20,28,32H,2-18H2,1H3,(H,29,34)(H,30,33)(H,31,35)(H,37,38)/t19-,20-/m0/s1. The van der Waals surface area contributed by atoms with Gasteiger partial charge in [0.25, 0.3) is 0 Å². The average Bonchev–Trinajstić information content (AvgIpc) is 2.95. The van der Waals surface area contributed by atoms with Gasteiger partial charge in [-0.25, -0.2) is 3.53 Å². The Kier molecular flexibility index (Phi) is 27.7. The molecule has 244 valence electrons. The number of hydrogen-bond donors (Lipinski definition) is 6. The van der Waals surface area contributed by atoms with E-state index in [2.05, 4.69) is 24.8 Å². The molecular weight excluding hydrogens is 784 g/mol. The van der Waals surface area contributed by atoms with Crippen LogP contribution in [0.4, 0.5) is 0 Å². The molecule has 0 unspecified atom stereocenters. The number of hydrogen-bond acceptors (Lipinski definition) is 11. The molecular formula is C25H45I2N5O10. The van der Waals surface area contributed by atoms with Gasteiger partial charge in [-0.1, -0.05) is 6.92 Å². The second-order valence-corrected chi connectivity index (χ2v) is 10.5. The molecule has 15 nitrogen and oxygen atoms in total. The van der Waals surface area contributed by atoms with Crippen LogP contribution in [0.25, 0.3) is 0 Å². The summed E-state index contributed by atoms with van der Waals surface area (Å²) in [5, 5.41) is 19.9. The largest absolute Gasteiger partial charge is 0.480 e. The van der Waals surface area contributed by atoms with Crippen LogP contribution in [-0.2, 0) is 42.9 Å². The van der Waals surface area contributed by atoms with Gasteiger partial charge in [0.2, 0.25) is 21.5 Å². The lowest BCUT2D eigenvalue weighted by Crippen LogP contribution is -2.38. The Bertz CT molecular complexity index is 782. The Hall–Kier alpha value is -1.23. The minimum absolute atomic E-state index is 0.0635. The molecule has 0 aromatic rings. The topological polar surface area (TPSA) is 203 Å². The fourth-order valence-electron chi connectivity index (χ4n) is 3.23. The lowest BCUT2D eigenvalue weighted by atomic mass is 10.1. The van der Waals surface area contributed by atoms with Gasteiger partial charge in [0.15, 0.2) is 0 Å². The second-order valence-electron chi connectivity index (χ2n) is 8.83. The van der Waals surface area contributed by atoms with E-state index in [9.17, 15) is 24.0 Å². The number of unbranched alkanes of at least 4 members (excludes halogenated alkanes) is 1. The summed E-state index contributed by atoms with van der Waals surface area (Å²) in [4.78, 5) is 57.6. The molecule has 0 saturated heterocycles. The molecule has 0 aromatic carbocycles. The van der Waals surface area contributed by atoms with E-state index in [1.54, 1.807) is 29.5 Å². The highest BCUT2D eigenvalue weighted by atomic mass is 127. The molecule has 0 radical (unpaired) electrons. The van der Waals surface area contributed by atoms with Crippen molar-refractivity contribution < 1.29 is 48.0 Å². The number of rotatable bonds is 29. The minimum Gasteiger partial charge on any atom is -0.480 e. The Labute approximate surface area is 274 Å². The van der Waals surface area contributed by atoms with Gasteiger partial charge in [0.1, 0.15) is 19.3 Å². The Balaban J connectivity index is 3.49. The van der Waals surface area contributed by atoms with Crippen molar-refractivity contribution in [3.05, 3.63) is 0 Å². The minimum atomic E-state index is -0.981. The highest BCUT2D eigenvalue weighted by Gasteiger charge is 2.17. The normalized spacial score (nSPS) is 12.4. The number of carboxylic acids is 1. The zero-order valence-electron chi connectivity index (χ0n) is 24.1. The highest BCUT2D eigenvalue weighted by molar-refractivity contribution is 14.1. The van der Waals surface area contributed by atoms with Crippen LogP contribution in [0.3, 0.4) is 0 Å². The summed E-state index contributed by atoms with van der Waals surface area (Å²) >= 11 is 3.74. The molecule has 42 heavy (non-hydrogen) atoms. The van der Waals surface area contributed by atoms with Crippen LogP contribution >= 0.6 is 45.5 Å². The predicted octanol–water partition coefficient (Wildman–Crippen LogP) is -0.316. The summed E-state index contributed by atoms with van der Waals surface area (Å²) < 4.78 is 24.2. The van der Waals surface area contributed by atoms with Crippen LogP contribution in [-0.4, -0.2) is 124 Å². The van der Waals surface area contributed by atoms with Gasteiger partial charge in [-0.05, 0) is 32.2 Å². The van der Waals surface area contributed by atoms with Crippen LogP contribution in [0.2, 0.25) is 0 Å². The van der Waals surface area contributed by atoms with E-state index in [0.29, 0.717) is 19.6 Å². The first-order chi connectivity index (χ1) is 20.2. The quantitative estimate of drug-likeness (QED) is 0.0249. The number of aliphatic carboxylic acids is 1. The van der Waals surface area contributed by atoms with Gasteiger partial charge in [-0.3, -0.25) is 24.0 Å². The summed E-state index contributed by atoms with van der Waals surface area (Å²) in [7, 11) is 0. The monoisotopic (exact) mass is 829 g/mol. The number of nitrogens with one attached hydrogen (secondary N) is 5. The molecule has 0 rings (SSSR count). The van der Waals surface area contributed by atoms with E-state index in [4.69, 9.17) is 24.1 Å². The van der Waals surface area contributed by atoms with Crippen molar-refractivity contribution in [1.29, 1.82) is 0 Å². The summed E-state index contributed by atoms with van der Waals surface area (Å²) in [5.74, 6) is -1.73. The maximum absolute atomic E-state index is 11.8. The van der Waals surface area contributed by atoms with Gasteiger partial charge >= 0.3 is 5.97 Å². The number of carboxylic acid groups (broad SMARTS) is 1. The third kappa shape index (κ3) is 25.3. The molecule has 0 bridgehead atoms. The molecule has 6 N–H and O–H groups in total. The van der Waals surface area contributed by atoms with Crippen LogP contribution in [0.1, 0.15) is 39.0 Å². The van der Waals surface area contributed by atoms with Gasteiger partial charge in [0, 0.05) is 71.5 Å². The summed E-state index contributed by atoms with van der Waals surface area (Å²) in [6.07, 6.45) is 2.63. The van der Waals surface area contributed by atoms with Crippen molar-refractivity contribution in [2.24, 2.45) is 0 Å². The van der Waals surface area contributed by atoms with E-state index in [0.717, 1.165) is 19.3 Å². The number of amides is 3. The molecule has 0 saturated carbocycles. The Morgan fingerprint density at radius 3 is 1.71 bits per heavy atom. The highest BCUT2D eigenvalue weighted by Crippen LogP contribution is 2.07. The van der Waals surface area contributed by atoms with Crippen molar-refractivity contribution in [3.63, 3.8) is 0 Å². The molecule has 17 heteroatoms. The van der Waals surface area contributed by atoms with Crippen LogP contribution in [0.15, 0.2) is 0 Å².